The number of benzene rings is 3. The number of rotatable bonds is 5. The van der Waals surface area contributed by atoms with E-state index in [2.05, 4.69) is 0 Å². The summed E-state index contributed by atoms with van der Waals surface area (Å²) >= 11 is 0. The molecule has 0 aliphatic carbocycles. The van der Waals surface area contributed by atoms with Gasteiger partial charge in [0.05, 0.1) is 28.8 Å². The van der Waals surface area contributed by atoms with E-state index >= 15 is 0 Å². The molecule has 2 heterocycles. The second-order valence-electron chi connectivity index (χ2n) is 8.44. The third-order valence-electron chi connectivity index (χ3n) is 6.33. The van der Waals surface area contributed by atoms with Crippen molar-refractivity contribution < 1.29 is 23.9 Å². The van der Waals surface area contributed by atoms with Crippen LogP contribution in [-0.2, 0) is 9.59 Å². The van der Waals surface area contributed by atoms with Gasteiger partial charge in [-0.25, -0.2) is 4.90 Å². The molecule has 7 heteroatoms. The lowest BCUT2D eigenvalue weighted by molar-refractivity contribution is -0.139. The van der Waals surface area contributed by atoms with Crippen molar-refractivity contribution in [1.82, 2.24) is 4.90 Å². The van der Waals surface area contributed by atoms with Crippen molar-refractivity contribution in [3.63, 3.8) is 0 Å². The summed E-state index contributed by atoms with van der Waals surface area (Å²) in [6, 6.07) is 22.4. The van der Waals surface area contributed by atoms with Gasteiger partial charge in [0.15, 0.2) is 0 Å². The third-order valence-corrected chi connectivity index (χ3v) is 6.33. The number of hydrogen-bond donors (Lipinski definition) is 0. The fourth-order valence-electron chi connectivity index (χ4n) is 4.48. The Morgan fingerprint density at radius 2 is 1.53 bits per heavy atom. The Hall–Kier alpha value is -4.26. The van der Waals surface area contributed by atoms with Crippen LogP contribution in [0, 0.1) is 5.92 Å². The first kappa shape index (κ1) is 21.6. The lowest BCUT2D eigenvalue weighted by Crippen LogP contribution is -2.30. The number of amides is 3. The standard InChI is InChI=1S/C27H22N2O5/c1-17(18-8-3-2-4-9-18)28-16-19(14-24(28)30)27(33)34-21-11-7-10-20(15-21)29-25(31)22-12-5-6-13-23(22)26(29)32/h2-13,15,17,19H,14,16H2,1H3/t17-,19+/m1/s1. The summed E-state index contributed by atoms with van der Waals surface area (Å²) in [6.07, 6.45) is 0.0775. The maximum atomic E-state index is 12.9. The van der Waals surface area contributed by atoms with Crippen molar-refractivity contribution in [2.75, 3.05) is 11.4 Å². The number of imide groups is 1. The maximum absolute atomic E-state index is 12.9. The van der Waals surface area contributed by atoms with Crippen LogP contribution in [0.1, 0.15) is 45.7 Å². The van der Waals surface area contributed by atoms with Gasteiger partial charge in [-0.1, -0.05) is 48.5 Å². The first-order valence-corrected chi connectivity index (χ1v) is 11.1. The number of ether oxygens (including phenoxy) is 1. The van der Waals surface area contributed by atoms with E-state index in [0.29, 0.717) is 16.8 Å². The molecule has 0 unspecified atom stereocenters. The summed E-state index contributed by atoms with van der Waals surface area (Å²) in [5.74, 6) is -1.84. The molecule has 2 aliphatic rings. The molecule has 1 fully saturated rings. The highest BCUT2D eigenvalue weighted by Crippen LogP contribution is 2.32. The van der Waals surface area contributed by atoms with Gasteiger partial charge in [0.2, 0.25) is 5.91 Å². The Labute approximate surface area is 196 Å². The average molecular weight is 454 g/mol. The van der Waals surface area contributed by atoms with E-state index < -0.39 is 23.7 Å². The van der Waals surface area contributed by atoms with Gasteiger partial charge in [-0.15, -0.1) is 0 Å². The molecule has 3 aromatic rings. The molecule has 0 spiro atoms. The number of anilines is 1. The Bertz CT molecular complexity index is 1270. The van der Waals surface area contributed by atoms with Gasteiger partial charge >= 0.3 is 5.97 Å². The Balaban J connectivity index is 1.29. The van der Waals surface area contributed by atoms with E-state index in [1.807, 2.05) is 37.3 Å². The first-order chi connectivity index (χ1) is 16.4. The minimum Gasteiger partial charge on any atom is -0.426 e. The highest BCUT2D eigenvalue weighted by molar-refractivity contribution is 6.34. The normalized spacial score (nSPS) is 18.3. The van der Waals surface area contributed by atoms with Crippen LogP contribution in [0.2, 0.25) is 0 Å². The zero-order valence-electron chi connectivity index (χ0n) is 18.5. The van der Waals surface area contributed by atoms with Gasteiger partial charge in [-0.2, -0.15) is 0 Å². The van der Waals surface area contributed by atoms with Gasteiger partial charge in [-0.05, 0) is 36.8 Å². The minimum atomic E-state index is -0.596. The molecule has 0 radical (unpaired) electrons. The molecule has 34 heavy (non-hydrogen) atoms. The van der Waals surface area contributed by atoms with Gasteiger partial charge < -0.3 is 9.64 Å². The van der Waals surface area contributed by atoms with Gasteiger partial charge in [0.25, 0.3) is 11.8 Å². The maximum Gasteiger partial charge on any atom is 0.316 e. The molecule has 5 rings (SSSR count). The summed E-state index contributed by atoms with van der Waals surface area (Å²) < 4.78 is 5.56. The van der Waals surface area contributed by atoms with Crippen molar-refractivity contribution in [2.24, 2.45) is 5.92 Å². The SMILES string of the molecule is C[C@H](c1ccccc1)N1C[C@@H](C(=O)Oc2cccc(N3C(=O)c4ccccc4C3=O)c2)CC1=O. The van der Waals surface area contributed by atoms with Crippen molar-refractivity contribution in [1.29, 1.82) is 0 Å². The number of hydrogen-bond acceptors (Lipinski definition) is 5. The van der Waals surface area contributed by atoms with Crippen LogP contribution in [0.3, 0.4) is 0 Å². The van der Waals surface area contributed by atoms with Gasteiger partial charge in [0, 0.05) is 19.0 Å². The van der Waals surface area contributed by atoms with Crippen LogP contribution < -0.4 is 9.64 Å². The largest absolute Gasteiger partial charge is 0.426 e. The van der Waals surface area contributed by atoms with Crippen LogP contribution >= 0.6 is 0 Å². The topological polar surface area (TPSA) is 84.0 Å². The predicted octanol–water partition coefficient (Wildman–Crippen LogP) is 4.00. The molecule has 170 valence electrons. The fraction of sp³-hybridized carbons (Fsp3) is 0.185. The van der Waals surface area contributed by atoms with E-state index in [1.165, 1.54) is 6.07 Å². The summed E-state index contributed by atoms with van der Waals surface area (Å²) in [7, 11) is 0. The molecule has 7 nitrogen and oxygen atoms in total. The summed E-state index contributed by atoms with van der Waals surface area (Å²) in [6.45, 7) is 2.21. The lowest BCUT2D eigenvalue weighted by Gasteiger charge is -2.25. The zero-order valence-corrected chi connectivity index (χ0v) is 18.5. The van der Waals surface area contributed by atoms with Gasteiger partial charge in [-0.3, -0.25) is 19.2 Å². The quantitative estimate of drug-likeness (QED) is 0.331. The highest BCUT2D eigenvalue weighted by atomic mass is 16.5. The molecule has 0 saturated carbocycles. The molecule has 0 N–H and O–H groups in total. The number of esters is 1. The molecule has 0 aromatic heterocycles. The number of nitrogens with zero attached hydrogens (tertiary/aromatic N) is 2. The van der Waals surface area contributed by atoms with Crippen LogP contribution in [0.5, 0.6) is 5.75 Å². The Morgan fingerprint density at radius 1 is 0.882 bits per heavy atom. The summed E-state index contributed by atoms with van der Waals surface area (Å²) in [4.78, 5) is 53.7. The van der Waals surface area contributed by atoms with Gasteiger partial charge in [0.1, 0.15) is 5.75 Å². The van der Waals surface area contributed by atoms with E-state index in [0.717, 1.165) is 10.5 Å². The highest BCUT2D eigenvalue weighted by Gasteiger charge is 2.39. The van der Waals surface area contributed by atoms with Crippen LogP contribution in [0.25, 0.3) is 0 Å². The van der Waals surface area contributed by atoms with E-state index in [9.17, 15) is 19.2 Å². The van der Waals surface area contributed by atoms with Crippen LogP contribution in [0.4, 0.5) is 5.69 Å². The minimum absolute atomic E-state index is 0.0775. The molecule has 1 saturated heterocycles. The Kier molecular flexibility index (Phi) is 5.45. The smallest absolute Gasteiger partial charge is 0.316 e. The number of carbonyl (C=O) groups excluding carboxylic acids is 4. The summed E-state index contributed by atoms with van der Waals surface area (Å²) in [5, 5.41) is 0. The average Bonchev–Trinajstić information content (AvgIpc) is 3.37. The molecule has 2 atom stereocenters. The lowest BCUT2D eigenvalue weighted by atomic mass is 10.1. The fourth-order valence-corrected chi connectivity index (χ4v) is 4.48. The van der Waals surface area contributed by atoms with Crippen LogP contribution in [0.15, 0.2) is 78.9 Å². The van der Waals surface area contributed by atoms with Crippen LogP contribution in [-0.4, -0.2) is 35.1 Å². The van der Waals surface area contributed by atoms with E-state index in [-0.39, 0.29) is 30.7 Å². The van der Waals surface area contributed by atoms with Crippen molar-refractivity contribution >= 4 is 29.4 Å². The zero-order chi connectivity index (χ0) is 23.8. The first-order valence-electron chi connectivity index (χ1n) is 11.1. The molecular weight excluding hydrogens is 432 g/mol. The van der Waals surface area contributed by atoms with Crippen molar-refractivity contribution in [2.45, 2.75) is 19.4 Å². The second kappa shape index (κ2) is 8.59. The molecular formula is C27H22N2O5. The van der Waals surface area contributed by atoms with E-state index in [1.54, 1.807) is 47.4 Å². The number of likely N-dealkylation sites (tertiary alicyclic amines) is 1. The number of fused-ring (bicyclic) bond motifs is 1. The molecule has 2 aliphatic heterocycles. The third kappa shape index (κ3) is 3.75. The Morgan fingerprint density at radius 3 is 2.21 bits per heavy atom. The van der Waals surface area contributed by atoms with Crippen molar-refractivity contribution in [3.8, 4) is 5.75 Å². The monoisotopic (exact) mass is 454 g/mol. The molecule has 3 amide bonds. The predicted molar refractivity (Wildman–Crippen MR) is 124 cm³/mol. The second-order valence-corrected chi connectivity index (χ2v) is 8.44. The summed E-state index contributed by atoms with van der Waals surface area (Å²) in [5.41, 5.74) is 2.00. The molecule has 3 aromatic carbocycles. The molecule has 0 bridgehead atoms. The van der Waals surface area contributed by atoms with Crippen molar-refractivity contribution in [3.05, 3.63) is 95.6 Å². The number of carbonyl (C=O) groups is 4. The van der Waals surface area contributed by atoms with E-state index in [4.69, 9.17) is 4.74 Å².